The minimum atomic E-state index is -0.0205. The first-order chi connectivity index (χ1) is 12.0. The Bertz CT molecular complexity index is 714. The van der Waals surface area contributed by atoms with Crippen molar-refractivity contribution in [2.24, 2.45) is 0 Å². The van der Waals surface area contributed by atoms with Gasteiger partial charge >= 0.3 is 0 Å². The molecule has 6 nitrogen and oxygen atoms in total. The van der Waals surface area contributed by atoms with Gasteiger partial charge in [0, 0.05) is 17.7 Å². The van der Waals surface area contributed by atoms with E-state index in [0.717, 1.165) is 6.42 Å². The van der Waals surface area contributed by atoms with Crippen molar-refractivity contribution in [1.29, 1.82) is 0 Å². The van der Waals surface area contributed by atoms with Gasteiger partial charge < -0.3 is 10.1 Å². The number of hydrogen-bond acceptors (Lipinski definition) is 7. The minimum Gasteiger partial charge on any atom is -0.466 e. The zero-order valence-electron chi connectivity index (χ0n) is 14.4. The number of thioether (sulfide) groups is 1. The lowest BCUT2D eigenvalue weighted by molar-refractivity contribution is -0.116. The predicted molar refractivity (Wildman–Crippen MR) is 101 cm³/mol. The summed E-state index contributed by atoms with van der Waals surface area (Å²) in [6.45, 7) is 5.80. The zero-order valence-corrected chi connectivity index (χ0v) is 16.1. The van der Waals surface area contributed by atoms with Crippen LogP contribution in [-0.4, -0.2) is 33.7 Å². The molecule has 134 valence electrons. The van der Waals surface area contributed by atoms with Crippen molar-refractivity contribution >= 4 is 40.5 Å². The second-order valence-electron chi connectivity index (χ2n) is 5.59. The number of carbonyl (C=O) groups is 2. The Morgan fingerprint density at radius 3 is 2.60 bits per heavy atom. The second kappa shape index (κ2) is 9.53. The summed E-state index contributed by atoms with van der Waals surface area (Å²) >= 11 is 2.67. The third-order valence-corrected chi connectivity index (χ3v) is 4.97. The molecule has 1 N–H and O–H groups in total. The molecular weight excluding hydrogens is 358 g/mol. The van der Waals surface area contributed by atoms with E-state index in [1.54, 1.807) is 24.3 Å². The van der Waals surface area contributed by atoms with Crippen LogP contribution in [0.4, 0.5) is 5.69 Å². The summed E-state index contributed by atoms with van der Waals surface area (Å²) < 4.78 is 6.16. The van der Waals surface area contributed by atoms with Gasteiger partial charge in [0.15, 0.2) is 10.1 Å². The molecule has 0 spiro atoms. The number of ketones is 1. The number of hydrogen-bond donors (Lipinski definition) is 1. The average Bonchev–Trinajstić information content (AvgIpc) is 3.00. The highest BCUT2D eigenvalue weighted by Crippen LogP contribution is 2.28. The summed E-state index contributed by atoms with van der Waals surface area (Å²) in [5.74, 6) is 0.253. The van der Waals surface area contributed by atoms with E-state index >= 15 is 0 Å². The number of aromatic nitrogens is 2. The van der Waals surface area contributed by atoms with Crippen LogP contribution in [-0.2, 0) is 4.79 Å². The Morgan fingerprint density at radius 2 is 1.96 bits per heavy atom. The van der Waals surface area contributed by atoms with Gasteiger partial charge in [-0.2, -0.15) is 0 Å². The maximum absolute atomic E-state index is 12.3. The van der Waals surface area contributed by atoms with Crippen molar-refractivity contribution in [2.45, 2.75) is 44.1 Å². The standard InChI is InChI=1S/C17H21N3O3S2/c1-4-5-15(22)18-13-8-6-12(7-9-13)14(21)10-24-17-20-19-16(25-17)23-11(2)3/h6-9,11H,4-5,10H2,1-3H3,(H,18,22). The number of ether oxygens (including phenoxy) is 1. The van der Waals surface area contributed by atoms with Crippen molar-refractivity contribution in [3.8, 4) is 5.19 Å². The lowest BCUT2D eigenvalue weighted by atomic mass is 10.1. The van der Waals surface area contributed by atoms with Crippen LogP contribution in [0.15, 0.2) is 28.6 Å². The van der Waals surface area contributed by atoms with E-state index in [0.29, 0.717) is 27.2 Å². The lowest BCUT2D eigenvalue weighted by Crippen LogP contribution is -2.10. The van der Waals surface area contributed by atoms with E-state index in [1.807, 2.05) is 20.8 Å². The molecule has 1 aromatic heterocycles. The summed E-state index contributed by atoms with van der Waals surface area (Å²) in [7, 11) is 0. The summed E-state index contributed by atoms with van der Waals surface area (Å²) in [6, 6.07) is 6.92. The molecule has 8 heteroatoms. The average molecular weight is 380 g/mol. The van der Waals surface area contributed by atoms with Gasteiger partial charge in [0.1, 0.15) is 0 Å². The van der Waals surface area contributed by atoms with E-state index in [9.17, 15) is 9.59 Å². The Balaban J connectivity index is 1.86. The molecule has 25 heavy (non-hydrogen) atoms. The second-order valence-corrected chi connectivity index (χ2v) is 7.75. The summed E-state index contributed by atoms with van der Waals surface area (Å²) in [4.78, 5) is 23.8. The van der Waals surface area contributed by atoms with Gasteiger partial charge in [-0.15, -0.1) is 5.10 Å². The van der Waals surface area contributed by atoms with Crippen molar-refractivity contribution in [1.82, 2.24) is 10.2 Å². The molecule has 0 aliphatic carbocycles. The van der Waals surface area contributed by atoms with Gasteiger partial charge in [-0.05, 0) is 55.9 Å². The van der Waals surface area contributed by atoms with Crippen LogP contribution < -0.4 is 10.1 Å². The predicted octanol–water partition coefficient (Wildman–Crippen LogP) is 4.04. The number of anilines is 1. The molecule has 0 saturated carbocycles. The molecule has 0 radical (unpaired) electrons. The molecule has 2 rings (SSSR count). The summed E-state index contributed by atoms with van der Waals surface area (Å²) in [6.07, 6.45) is 1.33. The van der Waals surface area contributed by atoms with Gasteiger partial charge in [0.25, 0.3) is 5.19 Å². The molecule has 0 fully saturated rings. The number of amides is 1. The molecule has 0 aliphatic heterocycles. The fourth-order valence-electron chi connectivity index (χ4n) is 1.91. The summed E-state index contributed by atoms with van der Waals surface area (Å²) in [5, 5.41) is 11.3. The summed E-state index contributed by atoms with van der Waals surface area (Å²) in [5.41, 5.74) is 1.30. The largest absolute Gasteiger partial charge is 0.466 e. The number of Topliss-reactive ketones (excluding diaryl/α,β-unsaturated/α-hetero) is 1. The quantitative estimate of drug-likeness (QED) is 0.523. The maximum Gasteiger partial charge on any atom is 0.295 e. The molecule has 0 bridgehead atoms. The van der Waals surface area contributed by atoms with Crippen LogP contribution in [0, 0.1) is 0 Å². The Kier molecular flexibility index (Phi) is 7.39. The van der Waals surface area contributed by atoms with E-state index < -0.39 is 0 Å². The van der Waals surface area contributed by atoms with Gasteiger partial charge in [-0.1, -0.05) is 23.8 Å². The van der Waals surface area contributed by atoms with Crippen LogP contribution in [0.25, 0.3) is 0 Å². The molecule has 1 amide bonds. The Morgan fingerprint density at radius 1 is 1.24 bits per heavy atom. The van der Waals surface area contributed by atoms with E-state index in [1.165, 1.54) is 23.1 Å². The number of rotatable bonds is 9. The van der Waals surface area contributed by atoms with E-state index in [2.05, 4.69) is 15.5 Å². The van der Waals surface area contributed by atoms with E-state index in [4.69, 9.17) is 4.74 Å². The fourth-order valence-corrected chi connectivity index (χ4v) is 3.60. The van der Waals surface area contributed by atoms with Gasteiger partial charge in [0.05, 0.1) is 11.9 Å². The third kappa shape index (κ3) is 6.47. The topological polar surface area (TPSA) is 81.2 Å². The van der Waals surface area contributed by atoms with Crippen LogP contribution >= 0.6 is 23.1 Å². The highest BCUT2D eigenvalue weighted by molar-refractivity contribution is 8.01. The first-order valence-corrected chi connectivity index (χ1v) is 9.84. The molecule has 2 aromatic rings. The molecule has 0 atom stereocenters. The SMILES string of the molecule is CCCC(=O)Nc1ccc(C(=O)CSc2nnc(OC(C)C)s2)cc1. The van der Waals surface area contributed by atoms with Crippen molar-refractivity contribution in [3.63, 3.8) is 0 Å². The highest BCUT2D eigenvalue weighted by Gasteiger charge is 2.11. The Hall–Kier alpha value is -1.93. The van der Waals surface area contributed by atoms with Crippen LogP contribution in [0.3, 0.4) is 0 Å². The first-order valence-electron chi connectivity index (χ1n) is 8.04. The zero-order chi connectivity index (χ0) is 18.2. The van der Waals surface area contributed by atoms with Crippen LogP contribution in [0.1, 0.15) is 44.0 Å². The molecular formula is C17H21N3O3S2. The number of benzene rings is 1. The number of nitrogens with zero attached hydrogens (tertiary/aromatic N) is 2. The maximum atomic E-state index is 12.3. The first kappa shape index (κ1) is 19.4. The highest BCUT2D eigenvalue weighted by atomic mass is 32.2. The molecule has 1 aromatic carbocycles. The smallest absolute Gasteiger partial charge is 0.295 e. The van der Waals surface area contributed by atoms with Gasteiger partial charge in [-0.3, -0.25) is 9.59 Å². The van der Waals surface area contributed by atoms with Crippen LogP contribution in [0.2, 0.25) is 0 Å². The van der Waals surface area contributed by atoms with Crippen molar-refractivity contribution < 1.29 is 14.3 Å². The van der Waals surface area contributed by atoms with Crippen molar-refractivity contribution in [2.75, 3.05) is 11.1 Å². The van der Waals surface area contributed by atoms with Gasteiger partial charge in [-0.25, -0.2) is 0 Å². The number of nitrogens with one attached hydrogen (secondary N) is 1. The molecule has 1 heterocycles. The van der Waals surface area contributed by atoms with E-state index in [-0.39, 0.29) is 23.5 Å². The third-order valence-electron chi connectivity index (χ3n) is 3.02. The monoisotopic (exact) mass is 379 g/mol. The minimum absolute atomic E-state index is 0.00189. The van der Waals surface area contributed by atoms with Gasteiger partial charge in [0.2, 0.25) is 5.91 Å². The normalized spacial score (nSPS) is 10.7. The number of carbonyl (C=O) groups excluding carboxylic acids is 2. The molecule has 0 saturated heterocycles. The molecule has 0 aliphatic rings. The Labute approximate surface area is 155 Å². The lowest BCUT2D eigenvalue weighted by Gasteiger charge is -2.05. The molecule has 0 unspecified atom stereocenters. The van der Waals surface area contributed by atoms with Crippen molar-refractivity contribution in [3.05, 3.63) is 29.8 Å². The van der Waals surface area contributed by atoms with Crippen LogP contribution in [0.5, 0.6) is 5.19 Å². The fraction of sp³-hybridized carbons (Fsp3) is 0.412.